The monoisotopic (exact) mass is 288 g/mol. The van der Waals surface area contributed by atoms with Crippen molar-refractivity contribution in [3.8, 4) is 0 Å². The summed E-state index contributed by atoms with van der Waals surface area (Å²) in [7, 11) is 1.89. The molecule has 0 aromatic heterocycles. The number of hydrogen-bond acceptors (Lipinski definition) is 1. The smallest absolute Gasteiger partial charge is 0.0608 e. The van der Waals surface area contributed by atoms with Crippen LogP contribution in [0.3, 0.4) is 0 Å². The zero-order valence-electron chi connectivity index (χ0n) is 14.2. The minimum atomic E-state index is 0.487. The largest absolute Gasteiger partial charge is 0.381 e. The maximum Gasteiger partial charge on any atom is 0.0608 e. The van der Waals surface area contributed by atoms with Crippen LogP contribution < -0.4 is 0 Å². The molecule has 0 unspecified atom stereocenters. The van der Waals surface area contributed by atoms with Gasteiger partial charge in [-0.25, -0.2) is 0 Å². The van der Waals surface area contributed by atoms with Gasteiger partial charge in [-0.15, -0.1) is 0 Å². The van der Waals surface area contributed by atoms with E-state index >= 15 is 0 Å². The minimum Gasteiger partial charge on any atom is -0.381 e. The van der Waals surface area contributed by atoms with E-state index in [1.165, 1.54) is 57.8 Å². The second kappa shape index (κ2) is 4.85. The molecule has 6 atom stereocenters. The Morgan fingerprint density at radius 1 is 1.05 bits per heavy atom. The third kappa shape index (κ3) is 1.99. The van der Waals surface area contributed by atoms with Crippen molar-refractivity contribution in [3.05, 3.63) is 11.6 Å². The van der Waals surface area contributed by atoms with Gasteiger partial charge < -0.3 is 4.74 Å². The Hall–Kier alpha value is -0.300. The first-order chi connectivity index (χ1) is 10.1. The van der Waals surface area contributed by atoms with Crippen LogP contribution in [-0.2, 0) is 4.74 Å². The first-order valence-electron chi connectivity index (χ1n) is 9.29. The van der Waals surface area contributed by atoms with Gasteiger partial charge in [0.05, 0.1) is 6.10 Å². The number of allylic oxidation sites excluding steroid dienone is 1. The fraction of sp³-hybridized carbons (Fsp3) is 0.900. The van der Waals surface area contributed by atoms with Gasteiger partial charge in [0.1, 0.15) is 0 Å². The Morgan fingerprint density at radius 3 is 2.71 bits per heavy atom. The number of ether oxygens (including phenoxy) is 1. The highest BCUT2D eigenvalue weighted by Crippen LogP contribution is 2.64. The van der Waals surface area contributed by atoms with Gasteiger partial charge in [-0.05, 0) is 80.0 Å². The number of hydrogen-bond donors (Lipinski definition) is 0. The fourth-order valence-corrected chi connectivity index (χ4v) is 6.82. The lowest BCUT2D eigenvalue weighted by Crippen LogP contribution is -2.49. The predicted molar refractivity (Wildman–Crippen MR) is 87.1 cm³/mol. The summed E-state index contributed by atoms with van der Waals surface area (Å²) in [5, 5.41) is 0. The molecule has 4 rings (SSSR count). The first kappa shape index (κ1) is 14.3. The summed E-state index contributed by atoms with van der Waals surface area (Å²) in [6.45, 7) is 5.20. The van der Waals surface area contributed by atoms with E-state index in [0.29, 0.717) is 16.9 Å². The number of fused-ring (bicyclic) bond motifs is 5. The molecular weight excluding hydrogens is 256 g/mol. The molecule has 0 saturated heterocycles. The second-order valence-electron chi connectivity index (χ2n) is 8.94. The molecule has 0 aromatic carbocycles. The summed E-state index contributed by atoms with van der Waals surface area (Å²) in [6.07, 6.45) is 15.8. The van der Waals surface area contributed by atoms with Crippen LogP contribution in [0.15, 0.2) is 11.6 Å². The summed E-state index contributed by atoms with van der Waals surface area (Å²) in [5.41, 5.74) is 2.94. The van der Waals surface area contributed by atoms with Gasteiger partial charge >= 0.3 is 0 Å². The SMILES string of the molecule is CO[C@@H]1CC[C@@]2(C)C(=CC[C@H]3[C@@H]4CCC[C@@]4(C)CC[C@@H]32)C1. The summed E-state index contributed by atoms with van der Waals surface area (Å²) >= 11 is 0. The average Bonchev–Trinajstić information content (AvgIpc) is 2.88. The standard InChI is InChI=1S/C20H32O/c1-19-10-4-5-17(19)16-7-6-14-13-15(21-3)8-12-20(14,2)18(16)9-11-19/h6,15-18H,4-5,7-13H2,1-3H3/t15-,16+,17+,18+,19+,20+/m1/s1. The molecule has 0 heterocycles. The average molecular weight is 288 g/mol. The zero-order chi connectivity index (χ0) is 14.7. The number of methoxy groups -OCH3 is 1. The number of rotatable bonds is 1. The van der Waals surface area contributed by atoms with Crippen LogP contribution in [0.4, 0.5) is 0 Å². The van der Waals surface area contributed by atoms with Crippen molar-refractivity contribution in [2.75, 3.05) is 7.11 Å². The zero-order valence-corrected chi connectivity index (χ0v) is 14.2. The highest BCUT2D eigenvalue weighted by atomic mass is 16.5. The fourth-order valence-electron chi connectivity index (χ4n) is 6.82. The first-order valence-corrected chi connectivity index (χ1v) is 9.29. The van der Waals surface area contributed by atoms with Gasteiger partial charge in [0, 0.05) is 7.11 Å². The van der Waals surface area contributed by atoms with Crippen molar-refractivity contribution >= 4 is 0 Å². The van der Waals surface area contributed by atoms with Crippen LogP contribution in [0, 0.1) is 28.6 Å². The van der Waals surface area contributed by atoms with E-state index in [4.69, 9.17) is 4.74 Å². The summed E-state index contributed by atoms with van der Waals surface area (Å²) in [5.74, 6) is 2.97. The molecule has 0 N–H and O–H groups in total. The van der Waals surface area contributed by atoms with Crippen molar-refractivity contribution in [1.29, 1.82) is 0 Å². The van der Waals surface area contributed by atoms with Gasteiger partial charge in [-0.1, -0.05) is 31.9 Å². The molecule has 0 amide bonds. The molecule has 4 aliphatic carbocycles. The van der Waals surface area contributed by atoms with Gasteiger partial charge in [0.2, 0.25) is 0 Å². The Morgan fingerprint density at radius 2 is 1.90 bits per heavy atom. The van der Waals surface area contributed by atoms with Crippen LogP contribution >= 0.6 is 0 Å². The Bertz CT molecular complexity index is 453. The normalized spacial score (nSPS) is 52.6. The second-order valence-corrected chi connectivity index (χ2v) is 8.94. The lowest BCUT2D eigenvalue weighted by atomic mass is 9.48. The summed E-state index contributed by atoms with van der Waals surface area (Å²) < 4.78 is 5.67. The molecule has 21 heavy (non-hydrogen) atoms. The summed E-state index contributed by atoms with van der Waals surface area (Å²) in [4.78, 5) is 0. The highest BCUT2D eigenvalue weighted by Gasteiger charge is 2.55. The molecule has 1 nitrogen and oxygen atoms in total. The Balaban J connectivity index is 1.64. The lowest BCUT2D eigenvalue weighted by molar-refractivity contribution is -0.0409. The van der Waals surface area contributed by atoms with E-state index in [1.807, 2.05) is 7.11 Å². The molecule has 1 heteroatoms. The Labute approximate surface area is 130 Å². The molecule has 0 aromatic rings. The van der Waals surface area contributed by atoms with Crippen molar-refractivity contribution in [2.24, 2.45) is 28.6 Å². The summed E-state index contributed by atoms with van der Waals surface area (Å²) in [6, 6.07) is 0. The van der Waals surface area contributed by atoms with Gasteiger partial charge in [0.25, 0.3) is 0 Å². The quantitative estimate of drug-likeness (QED) is 0.591. The molecular formula is C20H32O. The van der Waals surface area contributed by atoms with E-state index in [0.717, 1.165) is 17.8 Å². The molecule has 3 fully saturated rings. The molecule has 0 bridgehead atoms. The highest BCUT2D eigenvalue weighted by molar-refractivity contribution is 5.25. The minimum absolute atomic E-state index is 0.487. The van der Waals surface area contributed by atoms with Gasteiger partial charge in [0.15, 0.2) is 0 Å². The van der Waals surface area contributed by atoms with Crippen LogP contribution in [0.1, 0.15) is 71.6 Å². The lowest BCUT2D eigenvalue weighted by Gasteiger charge is -2.57. The topological polar surface area (TPSA) is 9.23 Å². The van der Waals surface area contributed by atoms with Crippen LogP contribution in [0.25, 0.3) is 0 Å². The van der Waals surface area contributed by atoms with E-state index in [-0.39, 0.29) is 0 Å². The van der Waals surface area contributed by atoms with Crippen molar-refractivity contribution in [3.63, 3.8) is 0 Å². The van der Waals surface area contributed by atoms with E-state index < -0.39 is 0 Å². The molecule has 0 radical (unpaired) electrons. The van der Waals surface area contributed by atoms with Crippen molar-refractivity contribution in [1.82, 2.24) is 0 Å². The van der Waals surface area contributed by atoms with Gasteiger partial charge in [-0.3, -0.25) is 0 Å². The third-order valence-corrected chi connectivity index (χ3v) is 8.17. The van der Waals surface area contributed by atoms with E-state index in [2.05, 4.69) is 19.9 Å². The molecule has 118 valence electrons. The predicted octanol–water partition coefficient (Wildman–Crippen LogP) is 5.35. The van der Waals surface area contributed by atoms with Crippen LogP contribution in [0.5, 0.6) is 0 Å². The maximum atomic E-state index is 5.67. The third-order valence-electron chi connectivity index (χ3n) is 8.17. The van der Waals surface area contributed by atoms with Crippen molar-refractivity contribution < 1.29 is 4.74 Å². The van der Waals surface area contributed by atoms with E-state index in [1.54, 1.807) is 5.57 Å². The Kier molecular flexibility index (Phi) is 3.30. The molecule has 0 spiro atoms. The maximum absolute atomic E-state index is 5.67. The van der Waals surface area contributed by atoms with Gasteiger partial charge in [-0.2, -0.15) is 0 Å². The molecule has 3 saturated carbocycles. The van der Waals surface area contributed by atoms with E-state index in [9.17, 15) is 0 Å². The van der Waals surface area contributed by atoms with Crippen LogP contribution in [-0.4, -0.2) is 13.2 Å². The van der Waals surface area contributed by atoms with Crippen LogP contribution in [0.2, 0.25) is 0 Å². The van der Waals surface area contributed by atoms with Crippen molar-refractivity contribution in [2.45, 2.75) is 77.7 Å². The molecule has 4 aliphatic rings. The molecule has 0 aliphatic heterocycles.